The van der Waals surface area contributed by atoms with Crippen molar-refractivity contribution in [3.63, 3.8) is 0 Å². The minimum absolute atomic E-state index is 0.0426. The molecule has 1 heterocycles. The van der Waals surface area contributed by atoms with Gasteiger partial charge in [0.05, 0.1) is 5.69 Å². The summed E-state index contributed by atoms with van der Waals surface area (Å²) in [5.74, 6) is 0.773. The molecular formula is C15H16F2N4. The van der Waals surface area contributed by atoms with Gasteiger partial charge >= 0.3 is 0 Å². The van der Waals surface area contributed by atoms with Gasteiger partial charge in [-0.25, -0.2) is 18.7 Å². The van der Waals surface area contributed by atoms with Gasteiger partial charge in [-0.2, -0.15) is 0 Å². The van der Waals surface area contributed by atoms with Crippen molar-refractivity contribution < 1.29 is 8.78 Å². The molecule has 1 aromatic heterocycles. The summed E-state index contributed by atoms with van der Waals surface area (Å²) in [5.41, 5.74) is 6.80. The van der Waals surface area contributed by atoms with Crippen molar-refractivity contribution in [2.24, 2.45) is 0 Å². The third kappa shape index (κ3) is 2.66. The third-order valence-electron chi connectivity index (χ3n) is 3.64. The lowest BCUT2D eigenvalue weighted by molar-refractivity contribution is 0.595. The van der Waals surface area contributed by atoms with E-state index in [9.17, 15) is 8.78 Å². The van der Waals surface area contributed by atoms with Crippen molar-refractivity contribution in [2.45, 2.75) is 32.6 Å². The molecule has 0 bridgehead atoms. The van der Waals surface area contributed by atoms with Crippen LogP contribution in [0.1, 0.15) is 35.7 Å². The first-order valence-corrected chi connectivity index (χ1v) is 6.82. The Morgan fingerprint density at radius 2 is 1.86 bits per heavy atom. The molecule has 0 atom stereocenters. The highest BCUT2D eigenvalue weighted by Gasteiger charge is 2.28. The maximum absolute atomic E-state index is 13.9. The second-order valence-electron chi connectivity index (χ2n) is 5.42. The van der Waals surface area contributed by atoms with Crippen molar-refractivity contribution in [1.29, 1.82) is 0 Å². The third-order valence-corrected chi connectivity index (χ3v) is 3.64. The van der Waals surface area contributed by atoms with E-state index in [2.05, 4.69) is 15.3 Å². The van der Waals surface area contributed by atoms with E-state index >= 15 is 0 Å². The summed E-state index contributed by atoms with van der Waals surface area (Å²) in [6, 6.07) is 2.28. The Balaban J connectivity index is 1.99. The van der Waals surface area contributed by atoms with E-state index in [0.29, 0.717) is 28.9 Å². The van der Waals surface area contributed by atoms with E-state index in [1.807, 2.05) is 0 Å². The lowest BCUT2D eigenvalue weighted by atomic mass is 10.2. The number of nitrogens with zero attached hydrogens (tertiary/aromatic N) is 2. The average molecular weight is 290 g/mol. The number of anilines is 3. The summed E-state index contributed by atoms with van der Waals surface area (Å²) in [6.07, 6.45) is 2.07. The minimum Gasteiger partial charge on any atom is -0.383 e. The van der Waals surface area contributed by atoms with Crippen LogP contribution < -0.4 is 11.1 Å². The fourth-order valence-corrected chi connectivity index (χ4v) is 2.07. The topological polar surface area (TPSA) is 63.8 Å². The first-order valence-electron chi connectivity index (χ1n) is 6.82. The van der Waals surface area contributed by atoms with Gasteiger partial charge in [0.2, 0.25) is 0 Å². The predicted molar refractivity (Wildman–Crippen MR) is 77.5 cm³/mol. The summed E-state index contributed by atoms with van der Waals surface area (Å²) in [4.78, 5) is 8.64. The normalized spacial score (nSPS) is 14.3. The van der Waals surface area contributed by atoms with Crippen LogP contribution in [-0.2, 0) is 0 Å². The fourth-order valence-electron chi connectivity index (χ4n) is 2.07. The lowest BCUT2D eigenvalue weighted by Gasteiger charge is -2.13. The van der Waals surface area contributed by atoms with Crippen LogP contribution in [0.4, 0.5) is 26.1 Å². The maximum atomic E-state index is 13.9. The molecule has 1 fully saturated rings. The average Bonchev–Trinajstić information content (AvgIpc) is 3.25. The Morgan fingerprint density at radius 3 is 2.52 bits per heavy atom. The molecule has 4 nitrogen and oxygen atoms in total. The Bertz CT molecular complexity index is 711. The van der Waals surface area contributed by atoms with Gasteiger partial charge in [-0.3, -0.25) is 0 Å². The van der Waals surface area contributed by atoms with Crippen molar-refractivity contribution in [3.8, 4) is 0 Å². The number of aromatic nitrogens is 2. The van der Waals surface area contributed by atoms with Gasteiger partial charge in [0.25, 0.3) is 0 Å². The molecular weight excluding hydrogens is 274 g/mol. The van der Waals surface area contributed by atoms with E-state index in [4.69, 9.17) is 5.73 Å². The second-order valence-corrected chi connectivity index (χ2v) is 5.42. The van der Waals surface area contributed by atoms with Crippen molar-refractivity contribution in [3.05, 3.63) is 40.7 Å². The number of nitrogens with one attached hydrogen (secondary N) is 1. The van der Waals surface area contributed by atoms with Gasteiger partial charge in [0, 0.05) is 17.5 Å². The highest BCUT2D eigenvalue weighted by Crippen LogP contribution is 2.39. The molecule has 3 N–H and O–H groups in total. The monoisotopic (exact) mass is 290 g/mol. The SMILES string of the molecule is Cc1cc(F)c(Nc2nc(C3CC3)nc(N)c2C)cc1F. The zero-order chi connectivity index (χ0) is 15.1. The molecule has 1 aromatic carbocycles. The van der Waals surface area contributed by atoms with Gasteiger partial charge in [-0.1, -0.05) is 0 Å². The standard InChI is InChI=1S/C15H16F2N4/c1-7-5-11(17)12(6-10(7)16)19-14-8(2)13(18)20-15(21-14)9-3-4-9/h5-6,9H,3-4H2,1-2H3,(H3,18,19,20,21). The highest BCUT2D eigenvalue weighted by atomic mass is 19.1. The van der Waals surface area contributed by atoms with E-state index in [1.54, 1.807) is 6.92 Å². The first-order chi connectivity index (χ1) is 9.95. The van der Waals surface area contributed by atoms with Gasteiger partial charge in [-0.15, -0.1) is 0 Å². The molecule has 21 heavy (non-hydrogen) atoms. The Kier molecular flexibility index (Phi) is 3.23. The number of nitrogens with two attached hydrogens (primary N) is 1. The molecule has 0 amide bonds. The summed E-state index contributed by atoms with van der Waals surface area (Å²) in [7, 11) is 0. The Labute approximate surface area is 121 Å². The summed E-state index contributed by atoms with van der Waals surface area (Å²) in [6.45, 7) is 3.26. The van der Waals surface area contributed by atoms with Gasteiger partial charge in [-0.05, 0) is 38.3 Å². The molecule has 0 unspecified atom stereocenters. The Morgan fingerprint density at radius 1 is 1.14 bits per heavy atom. The number of aryl methyl sites for hydroxylation is 1. The van der Waals surface area contributed by atoms with Crippen LogP contribution in [0, 0.1) is 25.5 Å². The van der Waals surface area contributed by atoms with Crippen LogP contribution in [0.3, 0.4) is 0 Å². The second kappa shape index (κ2) is 4.95. The van der Waals surface area contributed by atoms with Crippen LogP contribution in [0.15, 0.2) is 12.1 Å². The van der Waals surface area contributed by atoms with Crippen LogP contribution in [0.2, 0.25) is 0 Å². The maximum Gasteiger partial charge on any atom is 0.147 e. The number of rotatable bonds is 3. The highest BCUT2D eigenvalue weighted by molar-refractivity contribution is 5.64. The molecule has 0 radical (unpaired) electrons. The molecule has 0 spiro atoms. The first kappa shape index (κ1) is 13.7. The van der Waals surface area contributed by atoms with Crippen LogP contribution in [-0.4, -0.2) is 9.97 Å². The number of nitrogen functional groups attached to an aromatic ring is 1. The predicted octanol–water partition coefficient (Wildman–Crippen LogP) is 3.57. The zero-order valence-electron chi connectivity index (χ0n) is 11.9. The molecule has 1 aliphatic carbocycles. The molecule has 1 aliphatic rings. The van der Waals surface area contributed by atoms with Crippen molar-refractivity contribution in [2.75, 3.05) is 11.1 Å². The number of hydrogen-bond acceptors (Lipinski definition) is 4. The number of benzene rings is 1. The largest absolute Gasteiger partial charge is 0.383 e. The summed E-state index contributed by atoms with van der Waals surface area (Å²) in [5, 5.41) is 2.83. The van der Waals surface area contributed by atoms with E-state index in [1.165, 1.54) is 6.92 Å². The number of halogens is 2. The van der Waals surface area contributed by atoms with E-state index < -0.39 is 11.6 Å². The Hall–Kier alpha value is -2.24. The summed E-state index contributed by atoms with van der Waals surface area (Å²) >= 11 is 0. The number of hydrogen-bond donors (Lipinski definition) is 2. The molecule has 2 aromatic rings. The van der Waals surface area contributed by atoms with Crippen molar-refractivity contribution >= 4 is 17.3 Å². The molecule has 1 saturated carbocycles. The lowest BCUT2D eigenvalue weighted by Crippen LogP contribution is -2.07. The molecule has 110 valence electrons. The molecule has 0 aliphatic heterocycles. The summed E-state index contributed by atoms with van der Waals surface area (Å²) < 4.78 is 27.5. The fraction of sp³-hybridized carbons (Fsp3) is 0.333. The van der Waals surface area contributed by atoms with Gasteiger partial charge in [0.15, 0.2) is 0 Å². The van der Waals surface area contributed by atoms with Gasteiger partial charge in [0.1, 0.15) is 29.1 Å². The van der Waals surface area contributed by atoms with Crippen LogP contribution >= 0.6 is 0 Å². The molecule has 6 heteroatoms. The zero-order valence-corrected chi connectivity index (χ0v) is 11.9. The van der Waals surface area contributed by atoms with Crippen molar-refractivity contribution in [1.82, 2.24) is 9.97 Å². The van der Waals surface area contributed by atoms with Crippen LogP contribution in [0.25, 0.3) is 0 Å². The minimum atomic E-state index is -0.529. The van der Waals surface area contributed by atoms with E-state index in [0.717, 1.165) is 25.0 Å². The van der Waals surface area contributed by atoms with E-state index in [-0.39, 0.29) is 11.3 Å². The molecule has 3 rings (SSSR count). The smallest absolute Gasteiger partial charge is 0.147 e. The van der Waals surface area contributed by atoms with Gasteiger partial charge < -0.3 is 11.1 Å². The quantitative estimate of drug-likeness (QED) is 0.907. The van der Waals surface area contributed by atoms with Crippen LogP contribution in [0.5, 0.6) is 0 Å². The molecule has 0 saturated heterocycles.